The molecule has 1 aromatic carbocycles. The van der Waals surface area contributed by atoms with Crippen LogP contribution in [-0.2, 0) is 20.0 Å². The highest BCUT2D eigenvalue weighted by molar-refractivity contribution is 5.95. The minimum Gasteiger partial charge on any atom is -0.348 e. The first-order valence-corrected chi connectivity index (χ1v) is 10.5. The van der Waals surface area contributed by atoms with Gasteiger partial charge in [-0.1, -0.05) is 17.3 Å². The topological polar surface area (TPSA) is 106 Å². The van der Waals surface area contributed by atoms with Crippen LogP contribution in [0.2, 0.25) is 0 Å². The highest BCUT2D eigenvalue weighted by atomic mass is 19.1. The first kappa shape index (κ1) is 21.7. The molecule has 32 heavy (non-hydrogen) atoms. The zero-order valence-electron chi connectivity index (χ0n) is 18.0. The van der Waals surface area contributed by atoms with Gasteiger partial charge in [-0.05, 0) is 55.0 Å². The minimum absolute atomic E-state index is 0.166. The van der Waals surface area contributed by atoms with E-state index < -0.39 is 0 Å². The summed E-state index contributed by atoms with van der Waals surface area (Å²) >= 11 is 0. The second-order valence-corrected chi connectivity index (χ2v) is 8.11. The van der Waals surface area contributed by atoms with E-state index in [0.717, 1.165) is 24.1 Å². The molecular formula is C22H25FN6O3. The Kier molecular flexibility index (Phi) is 6.29. The van der Waals surface area contributed by atoms with Gasteiger partial charge in [0.1, 0.15) is 11.5 Å². The first-order valence-electron chi connectivity index (χ1n) is 10.5. The van der Waals surface area contributed by atoms with Gasteiger partial charge in [0.25, 0.3) is 11.8 Å². The van der Waals surface area contributed by atoms with Gasteiger partial charge in [-0.3, -0.25) is 14.3 Å². The van der Waals surface area contributed by atoms with E-state index in [1.165, 1.54) is 12.1 Å². The van der Waals surface area contributed by atoms with Crippen molar-refractivity contribution in [1.82, 2.24) is 30.3 Å². The molecule has 168 valence electrons. The second kappa shape index (κ2) is 9.29. The van der Waals surface area contributed by atoms with Crippen LogP contribution in [-0.4, -0.2) is 49.9 Å². The molecule has 4 rings (SSSR count). The second-order valence-electron chi connectivity index (χ2n) is 8.11. The third kappa shape index (κ3) is 4.84. The molecule has 0 radical (unpaired) electrons. The summed E-state index contributed by atoms with van der Waals surface area (Å²) in [7, 11) is 1.79. The van der Waals surface area contributed by atoms with E-state index >= 15 is 0 Å². The van der Waals surface area contributed by atoms with Crippen LogP contribution in [0.25, 0.3) is 0 Å². The molecule has 9 nitrogen and oxygen atoms in total. The van der Waals surface area contributed by atoms with Gasteiger partial charge in [0.05, 0.1) is 11.3 Å². The van der Waals surface area contributed by atoms with Crippen LogP contribution < -0.4 is 5.32 Å². The molecule has 0 spiro atoms. The van der Waals surface area contributed by atoms with Crippen molar-refractivity contribution in [2.45, 2.75) is 32.7 Å². The Morgan fingerprint density at radius 3 is 2.56 bits per heavy atom. The number of piperidine rings is 1. The fourth-order valence-electron chi connectivity index (χ4n) is 3.94. The number of rotatable bonds is 6. The molecule has 3 aromatic rings. The standard InChI is InChI=1S/C22H25FN6O3/c1-14-20(27-32-26-14)22(31)29-9-7-15(8-10-29)11-19-18(13-28(2)25-19)21(30)24-12-16-3-5-17(23)6-4-16/h3-6,13,15H,7-12H2,1-2H3,(H,24,30). The Balaban J connectivity index is 1.34. The molecular weight excluding hydrogens is 415 g/mol. The van der Waals surface area contributed by atoms with E-state index in [-0.39, 0.29) is 23.3 Å². The number of aromatic nitrogens is 4. The maximum Gasteiger partial charge on any atom is 0.278 e. The minimum atomic E-state index is -0.310. The van der Waals surface area contributed by atoms with Crippen LogP contribution in [0.15, 0.2) is 35.1 Å². The van der Waals surface area contributed by atoms with Crippen LogP contribution in [0.5, 0.6) is 0 Å². The van der Waals surface area contributed by atoms with Crippen molar-refractivity contribution >= 4 is 11.8 Å². The Hall–Kier alpha value is -3.56. The smallest absolute Gasteiger partial charge is 0.278 e. The van der Waals surface area contributed by atoms with E-state index in [2.05, 4.69) is 25.4 Å². The number of aryl methyl sites for hydroxylation is 2. The van der Waals surface area contributed by atoms with Crippen LogP contribution in [0, 0.1) is 18.7 Å². The van der Waals surface area contributed by atoms with E-state index in [1.54, 1.807) is 41.9 Å². The lowest BCUT2D eigenvalue weighted by atomic mass is 9.91. The lowest BCUT2D eigenvalue weighted by Gasteiger charge is -2.31. The van der Waals surface area contributed by atoms with Gasteiger partial charge in [-0.2, -0.15) is 5.10 Å². The molecule has 1 aliphatic rings. The van der Waals surface area contributed by atoms with Crippen LogP contribution in [0.4, 0.5) is 4.39 Å². The average Bonchev–Trinajstić information content (AvgIpc) is 3.38. The van der Waals surface area contributed by atoms with Crippen molar-refractivity contribution in [3.05, 3.63) is 64.5 Å². The predicted octanol–water partition coefficient (Wildman–Crippen LogP) is 2.28. The first-order chi connectivity index (χ1) is 15.4. The van der Waals surface area contributed by atoms with Gasteiger partial charge in [0, 0.05) is 32.9 Å². The zero-order valence-corrected chi connectivity index (χ0v) is 18.0. The van der Waals surface area contributed by atoms with Crippen molar-refractivity contribution in [3.8, 4) is 0 Å². The highest BCUT2D eigenvalue weighted by Crippen LogP contribution is 2.24. The summed E-state index contributed by atoms with van der Waals surface area (Å²) < 4.78 is 19.3. The summed E-state index contributed by atoms with van der Waals surface area (Å²) in [6.07, 6.45) is 3.99. The normalized spacial score (nSPS) is 14.5. The maximum atomic E-state index is 13.1. The Bertz CT molecular complexity index is 1100. The van der Waals surface area contributed by atoms with Crippen molar-refractivity contribution in [2.75, 3.05) is 13.1 Å². The quantitative estimate of drug-likeness (QED) is 0.630. The molecule has 1 aliphatic heterocycles. The number of nitrogens with zero attached hydrogens (tertiary/aromatic N) is 5. The molecule has 1 saturated heterocycles. The van der Waals surface area contributed by atoms with Crippen molar-refractivity contribution < 1.29 is 18.6 Å². The number of amides is 2. The third-order valence-electron chi connectivity index (χ3n) is 5.76. The summed E-state index contributed by atoms with van der Waals surface area (Å²) in [5.74, 6) is -0.371. The SMILES string of the molecule is Cc1nonc1C(=O)N1CCC(Cc2nn(C)cc2C(=O)NCc2ccc(F)cc2)CC1. The Morgan fingerprint density at radius 2 is 1.91 bits per heavy atom. The van der Waals surface area contributed by atoms with Crippen LogP contribution in [0.3, 0.4) is 0 Å². The average molecular weight is 440 g/mol. The Labute approximate surface area is 184 Å². The van der Waals surface area contributed by atoms with Gasteiger partial charge >= 0.3 is 0 Å². The van der Waals surface area contributed by atoms with E-state index in [4.69, 9.17) is 0 Å². The molecule has 2 aromatic heterocycles. The zero-order chi connectivity index (χ0) is 22.7. The summed E-state index contributed by atoms with van der Waals surface area (Å²) in [6, 6.07) is 6.03. The molecule has 1 N–H and O–H groups in total. The number of nitrogens with one attached hydrogen (secondary N) is 1. The summed E-state index contributed by atoms with van der Waals surface area (Å²) in [6.45, 7) is 3.22. The van der Waals surface area contributed by atoms with E-state index in [1.807, 2.05) is 0 Å². The number of hydrogen-bond acceptors (Lipinski definition) is 6. The number of hydrogen-bond donors (Lipinski definition) is 1. The number of carbonyl (C=O) groups is 2. The molecule has 0 unspecified atom stereocenters. The van der Waals surface area contributed by atoms with Crippen LogP contribution >= 0.6 is 0 Å². The number of likely N-dealkylation sites (tertiary alicyclic amines) is 1. The van der Waals surface area contributed by atoms with Gasteiger partial charge in [0.2, 0.25) is 0 Å². The molecule has 0 aliphatic carbocycles. The highest BCUT2D eigenvalue weighted by Gasteiger charge is 2.28. The largest absolute Gasteiger partial charge is 0.348 e. The molecule has 10 heteroatoms. The molecule has 2 amide bonds. The third-order valence-corrected chi connectivity index (χ3v) is 5.76. The molecule has 0 atom stereocenters. The van der Waals surface area contributed by atoms with Crippen LogP contribution in [0.1, 0.15) is 50.6 Å². The maximum absolute atomic E-state index is 13.1. The van der Waals surface area contributed by atoms with Crippen molar-refractivity contribution in [2.24, 2.45) is 13.0 Å². The van der Waals surface area contributed by atoms with Gasteiger partial charge < -0.3 is 10.2 Å². The lowest BCUT2D eigenvalue weighted by Crippen LogP contribution is -2.39. The molecule has 0 saturated carbocycles. The monoisotopic (exact) mass is 440 g/mol. The molecule has 0 bridgehead atoms. The van der Waals surface area contributed by atoms with Crippen molar-refractivity contribution in [1.29, 1.82) is 0 Å². The summed E-state index contributed by atoms with van der Waals surface area (Å²) in [4.78, 5) is 27.1. The lowest BCUT2D eigenvalue weighted by molar-refractivity contribution is 0.0678. The number of benzene rings is 1. The van der Waals surface area contributed by atoms with Crippen molar-refractivity contribution in [3.63, 3.8) is 0 Å². The Morgan fingerprint density at radius 1 is 1.19 bits per heavy atom. The molecule has 3 heterocycles. The number of carbonyl (C=O) groups excluding carboxylic acids is 2. The predicted molar refractivity (Wildman–Crippen MR) is 112 cm³/mol. The molecule has 1 fully saturated rings. The van der Waals surface area contributed by atoms with Gasteiger partial charge in [-0.15, -0.1) is 0 Å². The van der Waals surface area contributed by atoms with Gasteiger partial charge in [0.15, 0.2) is 5.69 Å². The van der Waals surface area contributed by atoms with E-state index in [9.17, 15) is 14.0 Å². The fourth-order valence-corrected chi connectivity index (χ4v) is 3.94. The summed E-state index contributed by atoms with van der Waals surface area (Å²) in [5.41, 5.74) is 2.85. The van der Waals surface area contributed by atoms with E-state index in [0.29, 0.717) is 43.2 Å². The van der Waals surface area contributed by atoms with Gasteiger partial charge in [-0.25, -0.2) is 9.02 Å². The fraction of sp³-hybridized carbons (Fsp3) is 0.409. The number of halogens is 1. The summed E-state index contributed by atoms with van der Waals surface area (Å²) in [5, 5.41) is 14.7.